The number of rotatable bonds is 4. The van der Waals surface area contributed by atoms with Crippen molar-refractivity contribution in [3.63, 3.8) is 0 Å². The topological polar surface area (TPSA) is 81.2 Å². The van der Waals surface area contributed by atoms with Gasteiger partial charge in [0.15, 0.2) is 0 Å². The van der Waals surface area contributed by atoms with Crippen LogP contribution in [0, 0.1) is 5.82 Å². The van der Waals surface area contributed by atoms with Crippen molar-refractivity contribution in [2.45, 2.75) is 13.0 Å². The SMILES string of the molecule is CC(=O)O.Fc1ccc(-c2ccc3[nH]ncc3c2)cc1C(c1cccs1)N1CCNCC1. The minimum Gasteiger partial charge on any atom is -0.481 e. The van der Waals surface area contributed by atoms with Gasteiger partial charge >= 0.3 is 0 Å². The van der Waals surface area contributed by atoms with Crippen LogP contribution in [0.15, 0.2) is 60.1 Å². The predicted octanol–water partition coefficient (Wildman–Crippen LogP) is 4.52. The number of carboxylic acid groups (broad SMARTS) is 1. The summed E-state index contributed by atoms with van der Waals surface area (Å²) in [5.74, 6) is -0.981. The van der Waals surface area contributed by atoms with E-state index in [1.54, 1.807) is 17.4 Å². The second kappa shape index (κ2) is 10.0. The number of carboxylic acids is 1. The van der Waals surface area contributed by atoms with Crippen molar-refractivity contribution in [3.8, 4) is 11.1 Å². The third kappa shape index (κ3) is 5.04. The number of H-pyrrole nitrogens is 1. The third-order valence-electron chi connectivity index (χ3n) is 5.39. The molecule has 166 valence electrons. The van der Waals surface area contributed by atoms with Crippen LogP contribution in [0.4, 0.5) is 4.39 Å². The molecule has 2 aromatic carbocycles. The van der Waals surface area contributed by atoms with Crippen LogP contribution < -0.4 is 5.32 Å². The zero-order valence-electron chi connectivity index (χ0n) is 17.7. The first-order valence-corrected chi connectivity index (χ1v) is 11.3. The molecule has 1 atom stereocenters. The number of hydrogen-bond donors (Lipinski definition) is 3. The molecule has 0 bridgehead atoms. The molecule has 1 saturated heterocycles. The van der Waals surface area contributed by atoms with Crippen LogP contribution in [0.1, 0.15) is 23.4 Å². The number of nitrogens with one attached hydrogen (secondary N) is 2. The molecule has 3 N–H and O–H groups in total. The Morgan fingerprint density at radius 2 is 1.88 bits per heavy atom. The summed E-state index contributed by atoms with van der Waals surface area (Å²) in [5.41, 5.74) is 3.84. The lowest BCUT2D eigenvalue weighted by molar-refractivity contribution is -0.134. The van der Waals surface area contributed by atoms with E-state index in [0.717, 1.165) is 60.7 Å². The van der Waals surface area contributed by atoms with Gasteiger partial charge in [-0.25, -0.2) is 4.39 Å². The van der Waals surface area contributed by atoms with E-state index in [9.17, 15) is 0 Å². The molecule has 5 rings (SSSR count). The van der Waals surface area contributed by atoms with Crippen molar-refractivity contribution in [1.29, 1.82) is 0 Å². The molecule has 1 unspecified atom stereocenters. The van der Waals surface area contributed by atoms with Gasteiger partial charge in [-0.2, -0.15) is 5.10 Å². The Kier molecular flexibility index (Phi) is 6.94. The summed E-state index contributed by atoms with van der Waals surface area (Å²) in [6, 6.07) is 15.8. The van der Waals surface area contributed by atoms with Crippen molar-refractivity contribution >= 4 is 28.2 Å². The Morgan fingerprint density at radius 1 is 1.16 bits per heavy atom. The first-order valence-electron chi connectivity index (χ1n) is 10.4. The maximum absolute atomic E-state index is 15.0. The van der Waals surface area contributed by atoms with Crippen LogP contribution in [0.3, 0.4) is 0 Å². The fraction of sp³-hybridized carbons (Fsp3) is 0.250. The van der Waals surface area contributed by atoms with Gasteiger partial charge in [0.1, 0.15) is 5.82 Å². The van der Waals surface area contributed by atoms with Gasteiger partial charge in [-0.3, -0.25) is 14.8 Å². The smallest absolute Gasteiger partial charge is 0.300 e. The number of hydrogen-bond acceptors (Lipinski definition) is 5. The van der Waals surface area contributed by atoms with E-state index in [4.69, 9.17) is 9.90 Å². The zero-order chi connectivity index (χ0) is 22.5. The Labute approximate surface area is 189 Å². The second-order valence-corrected chi connectivity index (χ2v) is 8.61. The van der Waals surface area contributed by atoms with Crippen molar-refractivity contribution in [2.24, 2.45) is 0 Å². The van der Waals surface area contributed by atoms with E-state index in [2.05, 4.69) is 44.0 Å². The zero-order valence-corrected chi connectivity index (χ0v) is 18.5. The van der Waals surface area contributed by atoms with Crippen LogP contribution >= 0.6 is 11.3 Å². The lowest BCUT2D eigenvalue weighted by Crippen LogP contribution is -2.45. The predicted molar refractivity (Wildman–Crippen MR) is 125 cm³/mol. The molecular formula is C24H25FN4O2S. The number of nitrogens with zero attached hydrogens (tertiary/aromatic N) is 2. The number of fused-ring (bicyclic) bond motifs is 1. The number of piperazine rings is 1. The number of thiophene rings is 1. The second-order valence-electron chi connectivity index (χ2n) is 7.63. The summed E-state index contributed by atoms with van der Waals surface area (Å²) in [6.45, 7) is 4.76. The fourth-order valence-electron chi connectivity index (χ4n) is 3.97. The van der Waals surface area contributed by atoms with E-state index in [0.29, 0.717) is 0 Å². The molecular weight excluding hydrogens is 427 g/mol. The van der Waals surface area contributed by atoms with Crippen molar-refractivity contribution in [1.82, 2.24) is 20.4 Å². The largest absolute Gasteiger partial charge is 0.481 e. The monoisotopic (exact) mass is 452 g/mol. The minimum atomic E-state index is -0.833. The number of aromatic amines is 1. The average molecular weight is 453 g/mol. The lowest BCUT2D eigenvalue weighted by atomic mass is 9.96. The maximum atomic E-state index is 15.0. The molecule has 1 aliphatic rings. The molecule has 0 amide bonds. The lowest BCUT2D eigenvalue weighted by Gasteiger charge is -2.35. The summed E-state index contributed by atoms with van der Waals surface area (Å²) in [7, 11) is 0. The third-order valence-corrected chi connectivity index (χ3v) is 6.32. The van der Waals surface area contributed by atoms with Crippen LogP contribution in [-0.2, 0) is 4.79 Å². The summed E-state index contributed by atoms with van der Waals surface area (Å²) < 4.78 is 15.0. The Bertz CT molecular complexity index is 1180. The van der Waals surface area contributed by atoms with Crippen LogP contribution in [-0.4, -0.2) is 52.4 Å². The summed E-state index contributed by atoms with van der Waals surface area (Å²) in [6.07, 6.45) is 1.82. The quantitative estimate of drug-likeness (QED) is 0.424. The molecule has 0 spiro atoms. The molecule has 2 aromatic heterocycles. The number of benzene rings is 2. The summed E-state index contributed by atoms with van der Waals surface area (Å²) in [4.78, 5) is 12.6. The number of aromatic nitrogens is 2. The van der Waals surface area contributed by atoms with E-state index in [-0.39, 0.29) is 11.9 Å². The molecule has 1 fully saturated rings. The van der Waals surface area contributed by atoms with Crippen molar-refractivity contribution in [3.05, 3.63) is 76.4 Å². The Morgan fingerprint density at radius 3 is 2.59 bits per heavy atom. The highest BCUT2D eigenvalue weighted by molar-refractivity contribution is 7.10. The number of halogens is 1. The first-order chi connectivity index (χ1) is 15.5. The molecule has 3 heterocycles. The fourth-order valence-corrected chi connectivity index (χ4v) is 4.85. The Balaban J connectivity index is 0.000000567. The van der Waals surface area contributed by atoms with Gasteiger partial charge in [-0.05, 0) is 46.8 Å². The molecule has 4 aromatic rings. The highest BCUT2D eigenvalue weighted by atomic mass is 32.1. The van der Waals surface area contributed by atoms with Crippen molar-refractivity contribution < 1.29 is 14.3 Å². The van der Waals surface area contributed by atoms with Gasteiger partial charge in [0.05, 0.1) is 17.8 Å². The molecule has 1 aliphatic heterocycles. The van der Waals surface area contributed by atoms with Crippen LogP contribution in [0.25, 0.3) is 22.0 Å². The molecule has 0 radical (unpaired) electrons. The first kappa shape index (κ1) is 22.1. The van der Waals surface area contributed by atoms with Crippen molar-refractivity contribution in [2.75, 3.05) is 26.2 Å². The molecule has 6 nitrogen and oxygen atoms in total. The van der Waals surface area contributed by atoms with Gasteiger partial charge in [0.2, 0.25) is 0 Å². The molecule has 8 heteroatoms. The number of carbonyl (C=O) groups is 1. The van der Waals surface area contributed by atoms with Gasteiger partial charge in [-0.1, -0.05) is 18.2 Å². The number of aliphatic carboxylic acids is 1. The van der Waals surface area contributed by atoms with Crippen LogP contribution in [0.2, 0.25) is 0 Å². The highest BCUT2D eigenvalue weighted by Gasteiger charge is 2.27. The standard InChI is InChI=1S/C22H21FN4S.C2H4O2/c23-19-5-3-16(15-4-6-20-17(12-15)14-25-26-20)13-18(19)22(21-2-1-11-28-21)27-9-7-24-8-10-27;1-2(3)4/h1-6,11-14,22,24H,7-10H2,(H,25,26);1H3,(H,3,4). The molecule has 0 saturated carbocycles. The van der Waals surface area contributed by atoms with Gasteiger partial charge in [0.25, 0.3) is 5.97 Å². The van der Waals surface area contributed by atoms with E-state index >= 15 is 4.39 Å². The van der Waals surface area contributed by atoms with E-state index in [1.807, 2.05) is 30.5 Å². The normalized spacial score (nSPS) is 15.2. The highest BCUT2D eigenvalue weighted by Crippen LogP contribution is 2.36. The summed E-state index contributed by atoms with van der Waals surface area (Å²) in [5, 5.41) is 21.0. The molecule has 0 aliphatic carbocycles. The Hall–Kier alpha value is -3.07. The molecule has 32 heavy (non-hydrogen) atoms. The van der Waals surface area contributed by atoms with Gasteiger partial charge < -0.3 is 10.4 Å². The summed E-state index contributed by atoms with van der Waals surface area (Å²) >= 11 is 1.69. The van der Waals surface area contributed by atoms with Crippen LogP contribution in [0.5, 0.6) is 0 Å². The van der Waals surface area contributed by atoms with Gasteiger partial charge in [-0.15, -0.1) is 11.3 Å². The van der Waals surface area contributed by atoms with E-state index in [1.165, 1.54) is 4.88 Å². The average Bonchev–Trinajstić information content (AvgIpc) is 3.47. The van der Waals surface area contributed by atoms with E-state index < -0.39 is 5.97 Å². The maximum Gasteiger partial charge on any atom is 0.300 e. The minimum absolute atomic E-state index is 0.0558. The van der Waals surface area contributed by atoms with Gasteiger partial charge in [0, 0.05) is 48.9 Å².